The van der Waals surface area contributed by atoms with Crippen LogP contribution in [0.15, 0.2) is 48.6 Å². The Labute approximate surface area is 128 Å². The summed E-state index contributed by atoms with van der Waals surface area (Å²) in [6.45, 7) is 2.20. The lowest BCUT2D eigenvalue weighted by Gasteiger charge is -2.20. The number of hydrogen-bond acceptors (Lipinski definition) is 0. The number of allylic oxidation sites excluding steroid dienone is 2. The SMILES string of the molecule is CC1C=CC(c2ccc(-c3cc(F)c(F)c(F)c3)cc2)CC1. The molecule has 0 nitrogen and oxygen atoms in total. The van der Waals surface area contributed by atoms with E-state index in [9.17, 15) is 13.2 Å². The van der Waals surface area contributed by atoms with E-state index in [2.05, 4.69) is 19.1 Å². The topological polar surface area (TPSA) is 0 Å². The van der Waals surface area contributed by atoms with Gasteiger partial charge in [0.1, 0.15) is 0 Å². The third-order valence-corrected chi connectivity index (χ3v) is 4.26. The molecule has 22 heavy (non-hydrogen) atoms. The second-order valence-electron chi connectivity index (χ2n) is 5.92. The zero-order chi connectivity index (χ0) is 15.7. The highest BCUT2D eigenvalue weighted by molar-refractivity contribution is 5.64. The fourth-order valence-corrected chi connectivity index (χ4v) is 2.88. The van der Waals surface area contributed by atoms with E-state index in [1.54, 1.807) is 0 Å². The molecule has 0 bridgehead atoms. The first-order valence-corrected chi connectivity index (χ1v) is 7.48. The first kappa shape index (κ1) is 14.9. The van der Waals surface area contributed by atoms with Crippen molar-refractivity contribution in [2.45, 2.75) is 25.7 Å². The van der Waals surface area contributed by atoms with Gasteiger partial charge in [0.2, 0.25) is 0 Å². The highest BCUT2D eigenvalue weighted by Crippen LogP contribution is 2.32. The van der Waals surface area contributed by atoms with Gasteiger partial charge >= 0.3 is 0 Å². The summed E-state index contributed by atoms with van der Waals surface area (Å²) >= 11 is 0. The van der Waals surface area contributed by atoms with E-state index in [-0.39, 0.29) is 0 Å². The molecule has 114 valence electrons. The molecule has 0 radical (unpaired) electrons. The minimum Gasteiger partial charge on any atom is -0.204 e. The van der Waals surface area contributed by atoms with Crippen LogP contribution in [0.3, 0.4) is 0 Å². The maximum absolute atomic E-state index is 13.3. The zero-order valence-corrected chi connectivity index (χ0v) is 12.3. The summed E-state index contributed by atoms with van der Waals surface area (Å²) in [6, 6.07) is 9.64. The molecule has 0 saturated carbocycles. The molecule has 0 N–H and O–H groups in total. The third kappa shape index (κ3) is 2.94. The van der Waals surface area contributed by atoms with Crippen LogP contribution in [0, 0.1) is 23.4 Å². The van der Waals surface area contributed by atoms with Gasteiger partial charge in [-0.15, -0.1) is 0 Å². The third-order valence-electron chi connectivity index (χ3n) is 4.26. The second kappa shape index (κ2) is 5.99. The highest BCUT2D eigenvalue weighted by atomic mass is 19.2. The molecule has 0 spiro atoms. The van der Waals surface area contributed by atoms with Crippen LogP contribution in [0.5, 0.6) is 0 Å². The van der Waals surface area contributed by atoms with Crippen molar-refractivity contribution in [2.24, 2.45) is 5.92 Å². The van der Waals surface area contributed by atoms with Gasteiger partial charge in [0.25, 0.3) is 0 Å². The molecule has 3 rings (SSSR count). The van der Waals surface area contributed by atoms with E-state index >= 15 is 0 Å². The molecule has 3 heteroatoms. The smallest absolute Gasteiger partial charge is 0.194 e. The zero-order valence-electron chi connectivity index (χ0n) is 12.3. The van der Waals surface area contributed by atoms with E-state index in [1.807, 2.05) is 24.3 Å². The van der Waals surface area contributed by atoms with Crippen LogP contribution in [-0.4, -0.2) is 0 Å². The molecule has 2 aromatic rings. The van der Waals surface area contributed by atoms with Crippen molar-refractivity contribution < 1.29 is 13.2 Å². The molecular weight excluding hydrogens is 285 g/mol. The average Bonchev–Trinajstić information content (AvgIpc) is 2.53. The van der Waals surface area contributed by atoms with Crippen LogP contribution in [0.4, 0.5) is 13.2 Å². The summed E-state index contributed by atoms with van der Waals surface area (Å²) in [6.07, 6.45) is 6.72. The van der Waals surface area contributed by atoms with Crippen molar-refractivity contribution in [3.8, 4) is 11.1 Å². The van der Waals surface area contributed by atoms with E-state index < -0.39 is 17.5 Å². The fraction of sp³-hybridized carbons (Fsp3) is 0.263. The number of hydrogen-bond donors (Lipinski definition) is 0. The monoisotopic (exact) mass is 302 g/mol. The van der Waals surface area contributed by atoms with E-state index in [1.165, 1.54) is 5.56 Å². The summed E-state index contributed by atoms with van der Waals surface area (Å²) in [5.74, 6) is -2.74. The van der Waals surface area contributed by atoms with Crippen LogP contribution in [0.2, 0.25) is 0 Å². The Morgan fingerprint density at radius 3 is 2.00 bits per heavy atom. The van der Waals surface area contributed by atoms with Crippen LogP contribution < -0.4 is 0 Å². The van der Waals surface area contributed by atoms with Gasteiger partial charge in [-0.3, -0.25) is 0 Å². The van der Waals surface area contributed by atoms with Crippen LogP contribution in [0.1, 0.15) is 31.2 Å². The van der Waals surface area contributed by atoms with Crippen LogP contribution in [-0.2, 0) is 0 Å². The molecule has 1 aliphatic carbocycles. The first-order valence-electron chi connectivity index (χ1n) is 7.48. The summed E-state index contributed by atoms with van der Waals surface area (Å²) < 4.78 is 39.6. The Kier molecular flexibility index (Phi) is 4.06. The lowest BCUT2D eigenvalue weighted by atomic mass is 9.85. The number of benzene rings is 2. The predicted molar refractivity (Wildman–Crippen MR) is 82.0 cm³/mol. The Balaban J connectivity index is 1.87. The largest absolute Gasteiger partial charge is 0.204 e. The molecule has 2 aromatic carbocycles. The second-order valence-corrected chi connectivity index (χ2v) is 5.92. The summed E-state index contributed by atoms with van der Waals surface area (Å²) in [5.41, 5.74) is 2.21. The summed E-state index contributed by atoms with van der Waals surface area (Å²) in [4.78, 5) is 0. The Morgan fingerprint density at radius 2 is 1.45 bits per heavy atom. The maximum Gasteiger partial charge on any atom is 0.194 e. The van der Waals surface area contributed by atoms with Gasteiger partial charge < -0.3 is 0 Å². The molecule has 2 unspecified atom stereocenters. The minimum atomic E-state index is -1.43. The standard InChI is InChI=1S/C19H17F3/c1-12-2-4-13(5-3-12)14-6-8-15(9-7-14)16-10-17(20)19(22)18(21)11-16/h2,4,6-13H,3,5H2,1H3. The minimum absolute atomic E-state index is 0.343. The Bertz CT molecular complexity index is 678. The van der Waals surface area contributed by atoms with Crippen molar-refractivity contribution >= 4 is 0 Å². The molecular formula is C19H17F3. The van der Waals surface area contributed by atoms with Gasteiger partial charge in [0.15, 0.2) is 17.5 Å². The van der Waals surface area contributed by atoms with Gasteiger partial charge in [-0.2, -0.15) is 0 Å². The predicted octanol–water partition coefficient (Wildman–Crippen LogP) is 5.84. The van der Waals surface area contributed by atoms with Gasteiger partial charge in [-0.25, -0.2) is 13.2 Å². The maximum atomic E-state index is 13.3. The Morgan fingerprint density at radius 1 is 0.818 bits per heavy atom. The quantitative estimate of drug-likeness (QED) is 0.483. The molecule has 0 aliphatic heterocycles. The summed E-state index contributed by atoms with van der Waals surface area (Å²) in [5, 5.41) is 0. The van der Waals surface area contributed by atoms with Gasteiger partial charge in [-0.05, 0) is 47.6 Å². The molecule has 0 aromatic heterocycles. The summed E-state index contributed by atoms with van der Waals surface area (Å²) in [7, 11) is 0. The van der Waals surface area contributed by atoms with Gasteiger partial charge in [-0.1, -0.05) is 43.3 Å². The molecule has 2 atom stereocenters. The van der Waals surface area contributed by atoms with Crippen LogP contribution in [0.25, 0.3) is 11.1 Å². The van der Waals surface area contributed by atoms with Gasteiger partial charge in [0.05, 0.1) is 0 Å². The lowest BCUT2D eigenvalue weighted by Crippen LogP contribution is -2.04. The van der Waals surface area contributed by atoms with Crippen molar-refractivity contribution in [2.75, 3.05) is 0 Å². The van der Waals surface area contributed by atoms with Crippen LogP contribution >= 0.6 is 0 Å². The van der Waals surface area contributed by atoms with Gasteiger partial charge in [0, 0.05) is 5.92 Å². The van der Waals surface area contributed by atoms with Crippen molar-refractivity contribution in [3.63, 3.8) is 0 Å². The number of rotatable bonds is 2. The highest BCUT2D eigenvalue weighted by Gasteiger charge is 2.15. The van der Waals surface area contributed by atoms with Crippen molar-refractivity contribution in [3.05, 3.63) is 71.6 Å². The number of halogens is 3. The normalized spacial score (nSPS) is 21.1. The van der Waals surface area contributed by atoms with Crippen molar-refractivity contribution in [1.29, 1.82) is 0 Å². The van der Waals surface area contributed by atoms with E-state index in [4.69, 9.17) is 0 Å². The Hall–Kier alpha value is -2.03. The van der Waals surface area contributed by atoms with E-state index in [0.717, 1.165) is 25.0 Å². The average molecular weight is 302 g/mol. The molecule has 0 fully saturated rings. The van der Waals surface area contributed by atoms with E-state index in [0.29, 0.717) is 23.0 Å². The van der Waals surface area contributed by atoms with Crippen molar-refractivity contribution in [1.82, 2.24) is 0 Å². The molecule has 1 aliphatic rings. The molecule has 0 heterocycles. The lowest BCUT2D eigenvalue weighted by molar-refractivity contribution is 0.448. The first-order chi connectivity index (χ1) is 10.5. The fourth-order valence-electron chi connectivity index (χ4n) is 2.88. The molecule has 0 amide bonds. The molecule has 0 saturated heterocycles.